The van der Waals surface area contributed by atoms with Gasteiger partial charge in [0.15, 0.2) is 0 Å². The third kappa shape index (κ3) is 5.27. The van der Waals surface area contributed by atoms with Crippen molar-refractivity contribution in [1.82, 2.24) is 5.32 Å². The van der Waals surface area contributed by atoms with E-state index in [4.69, 9.17) is 13.3 Å². The van der Waals surface area contributed by atoms with Crippen LogP contribution in [0, 0.1) is 0 Å². The van der Waals surface area contributed by atoms with Gasteiger partial charge in [-0.3, -0.25) is 4.79 Å². The second-order valence-electron chi connectivity index (χ2n) is 3.10. The summed E-state index contributed by atoms with van der Waals surface area (Å²) in [6.45, 7) is 2.46. The van der Waals surface area contributed by atoms with Crippen LogP contribution in [0.1, 0.15) is 19.8 Å². The lowest BCUT2D eigenvalue weighted by Crippen LogP contribution is -2.43. The molecule has 0 bridgehead atoms. The molecule has 0 fully saturated rings. The van der Waals surface area contributed by atoms with Gasteiger partial charge in [-0.2, -0.15) is 0 Å². The zero-order valence-electron chi connectivity index (χ0n) is 9.96. The molecule has 0 rings (SSSR count). The summed E-state index contributed by atoms with van der Waals surface area (Å²) in [6, 6.07) is 0.709. The van der Waals surface area contributed by atoms with E-state index in [1.165, 1.54) is 0 Å². The first-order valence-electron chi connectivity index (χ1n) is 5.06. The van der Waals surface area contributed by atoms with Gasteiger partial charge in [0.05, 0.1) is 0 Å². The summed E-state index contributed by atoms with van der Waals surface area (Å²) in [5.41, 5.74) is 0. The van der Waals surface area contributed by atoms with E-state index < -0.39 is 8.80 Å². The van der Waals surface area contributed by atoms with Gasteiger partial charge in [-0.25, -0.2) is 0 Å². The van der Waals surface area contributed by atoms with Crippen LogP contribution in [0.15, 0.2) is 0 Å². The first-order valence-corrected chi connectivity index (χ1v) is 6.99. The quantitative estimate of drug-likeness (QED) is 0.499. The molecule has 6 heteroatoms. The molecule has 0 aromatic carbocycles. The zero-order valence-corrected chi connectivity index (χ0v) is 11.0. The minimum atomic E-state index is -2.45. The minimum Gasteiger partial charge on any atom is -0.377 e. The van der Waals surface area contributed by atoms with Gasteiger partial charge in [0.25, 0.3) is 0 Å². The van der Waals surface area contributed by atoms with E-state index in [0.717, 1.165) is 6.42 Å². The number of hydrogen-bond acceptors (Lipinski definition) is 4. The predicted octanol–water partition coefficient (Wildman–Crippen LogP) is 0.781. The van der Waals surface area contributed by atoms with Gasteiger partial charge in [-0.05, 0) is 6.42 Å². The fraction of sp³-hybridized carbons (Fsp3) is 0.889. The van der Waals surface area contributed by atoms with Crippen molar-refractivity contribution in [3.05, 3.63) is 0 Å². The van der Waals surface area contributed by atoms with Crippen LogP contribution in [0.3, 0.4) is 0 Å². The molecule has 0 aromatic heterocycles. The second kappa shape index (κ2) is 7.81. The molecule has 15 heavy (non-hydrogen) atoms. The predicted molar refractivity (Wildman–Crippen MR) is 59.5 cm³/mol. The Morgan fingerprint density at radius 1 is 1.20 bits per heavy atom. The Balaban J connectivity index is 3.76. The highest BCUT2D eigenvalue weighted by Gasteiger charge is 2.36. The molecule has 5 nitrogen and oxygen atoms in total. The van der Waals surface area contributed by atoms with Crippen molar-refractivity contribution in [2.24, 2.45) is 0 Å². The topological polar surface area (TPSA) is 56.8 Å². The van der Waals surface area contributed by atoms with Crippen molar-refractivity contribution in [3.8, 4) is 0 Å². The monoisotopic (exact) mass is 235 g/mol. The van der Waals surface area contributed by atoms with E-state index in [1.54, 1.807) is 21.3 Å². The molecule has 0 saturated heterocycles. The largest absolute Gasteiger partial charge is 0.500 e. The fourth-order valence-corrected chi connectivity index (χ4v) is 2.94. The first kappa shape index (κ1) is 14.6. The molecule has 0 spiro atoms. The van der Waals surface area contributed by atoms with Crippen LogP contribution in [0.5, 0.6) is 0 Å². The van der Waals surface area contributed by atoms with Gasteiger partial charge >= 0.3 is 8.80 Å². The first-order chi connectivity index (χ1) is 7.14. The van der Waals surface area contributed by atoms with Gasteiger partial charge in [0, 0.05) is 40.3 Å². The lowest BCUT2D eigenvalue weighted by atomic mass is 10.4. The summed E-state index contributed by atoms with van der Waals surface area (Å²) in [6.07, 6.45) is 1.31. The highest BCUT2D eigenvalue weighted by atomic mass is 28.4. The maximum atomic E-state index is 11.0. The third-order valence-corrected chi connectivity index (χ3v) is 5.07. The van der Waals surface area contributed by atoms with E-state index in [-0.39, 0.29) is 5.91 Å². The number of carbonyl (C=O) groups is 1. The number of amides is 1. The normalized spacial score (nSPS) is 11.5. The lowest BCUT2D eigenvalue weighted by molar-refractivity contribution is -0.120. The Hall–Kier alpha value is -0.433. The van der Waals surface area contributed by atoms with Crippen LogP contribution in [0.25, 0.3) is 0 Å². The summed E-state index contributed by atoms with van der Waals surface area (Å²) in [5.74, 6) is 0.0644. The smallest absolute Gasteiger partial charge is 0.377 e. The molecule has 0 aliphatic heterocycles. The Kier molecular flexibility index (Phi) is 7.58. The number of carbonyl (C=O) groups excluding carboxylic acids is 1. The molecule has 90 valence electrons. The van der Waals surface area contributed by atoms with E-state index in [0.29, 0.717) is 19.0 Å². The maximum Gasteiger partial charge on any atom is 0.500 e. The lowest BCUT2D eigenvalue weighted by Gasteiger charge is -2.24. The van der Waals surface area contributed by atoms with Crippen molar-refractivity contribution in [1.29, 1.82) is 0 Å². The number of nitrogens with one attached hydrogen (secondary N) is 1. The number of rotatable bonds is 8. The Morgan fingerprint density at radius 3 is 2.13 bits per heavy atom. The molecular formula is C9H21NO4Si. The highest BCUT2D eigenvalue weighted by molar-refractivity contribution is 6.60. The average molecular weight is 235 g/mol. The Labute approximate surface area is 92.5 Å². The average Bonchev–Trinajstić information content (AvgIpc) is 2.30. The molecule has 1 N–H and O–H groups in total. The van der Waals surface area contributed by atoms with Crippen LogP contribution in [0.4, 0.5) is 0 Å². The standard InChI is InChI=1S/C9H21NO4Si/c1-5-9(11)10-7-6-8-15(12-2,13-3)14-4/h5-8H2,1-4H3,(H,10,11). The van der Waals surface area contributed by atoms with Crippen LogP contribution >= 0.6 is 0 Å². The van der Waals surface area contributed by atoms with Gasteiger partial charge < -0.3 is 18.6 Å². The molecular weight excluding hydrogens is 214 g/mol. The third-order valence-electron chi connectivity index (χ3n) is 2.24. The molecule has 1 amide bonds. The summed E-state index contributed by atoms with van der Waals surface area (Å²) < 4.78 is 15.8. The molecule has 0 aliphatic rings. The Bertz CT molecular complexity index is 177. The zero-order chi connectivity index (χ0) is 11.7. The van der Waals surface area contributed by atoms with Crippen LogP contribution in [0.2, 0.25) is 6.04 Å². The molecule has 0 heterocycles. The fourth-order valence-electron chi connectivity index (χ4n) is 1.21. The van der Waals surface area contributed by atoms with Crippen molar-refractivity contribution in [2.45, 2.75) is 25.8 Å². The molecule has 0 atom stereocenters. The summed E-state index contributed by atoms with van der Waals surface area (Å²) >= 11 is 0. The minimum absolute atomic E-state index is 0.0644. The maximum absolute atomic E-state index is 11.0. The van der Waals surface area contributed by atoms with Crippen molar-refractivity contribution >= 4 is 14.7 Å². The summed E-state index contributed by atoms with van der Waals surface area (Å²) in [7, 11) is 2.31. The SMILES string of the molecule is CCC(=O)NCCC[Si](OC)(OC)OC. The highest BCUT2D eigenvalue weighted by Crippen LogP contribution is 2.14. The van der Waals surface area contributed by atoms with E-state index in [1.807, 2.05) is 6.92 Å². The summed E-state index contributed by atoms with van der Waals surface area (Å²) in [5, 5.41) is 2.79. The number of hydrogen-bond donors (Lipinski definition) is 1. The van der Waals surface area contributed by atoms with E-state index in [2.05, 4.69) is 5.32 Å². The van der Waals surface area contributed by atoms with Crippen molar-refractivity contribution in [2.75, 3.05) is 27.9 Å². The van der Waals surface area contributed by atoms with Gasteiger partial charge in [-0.15, -0.1) is 0 Å². The van der Waals surface area contributed by atoms with Crippen LogP contribution < -0.4 is 5.32 Å². The van der Waals surface area contributed by atoms with E-state index >= 15 is 0 Å². The molecule has 0 saturated carbocycles. The second-order valence-corrected chi connectivity index (χ2v) is 6.19. The molecule has 0 aliphatic carbocycles. The van der Waals surface area contributed by atoms with Crippen molar-refractivity contribution in [3.63, 3.8) is 0 Å². The van der Waals surface area contributed by atoms with Crippen molar-refractivity contribution < 1.29 is 18.1 Å². The van der Waals surface area contributed by atoms with Crippen LogP contribution in [-0.2, 0) is 18.1 Å². The molecule has 0 aromatic rings. The summed E-state index contributed by atoms with van der Waals surface area (Å²) in [4.78, 5) is 11.0. The van der Waals surface area contributed by atoms with Crippen LogP contribution in [-0.4, -0.2) is 42.6 Å². The molecule has 0 radical (unpaired) electrons. The van der Waals surface area contributed by atoms with Gasteiger partial charge in [0.1, 0.15) is 0 Å². The van der Waals surface area contributed by atoms with E-state index in [9.17, 15) is 4.79 Å². The molecule has 0 unspecified atom stereocenters. The van der Waals surface area contributed by atoms with Gasteiger partial charge in [0.2, 0.25) is 5.91 Å². The Morgan fingerprint density at radius 2 is 1.73 bits per heavy atom. The van der Waals surface area contributed by atoms with Gasteiger partial charge in [-0.1, -0.05) is 6.92 Å².